The van der Waals surface area contributed by atoms with Crippen molar-refractivity contribution in [3.8, 4) is 0 Å². The number of aliphatic hydroxyl groups is 1. The summed E-state index contributed by atoms with van der Waals surface area (Å²) in [5.41, 5.74) is 0.691. The first-order valence-corrected chi connectivity index (χ1v) is 13.7. The first-order chi connectivity index (χ1) is 17.3. The number of amides is 2. The second kappa shape index (κ2) is 9.88. The summed E-state index contributed by atoms with van der Waals surface area (Å²) < 4.78 is 4.05. The van der Waals surface area contributed by atoms with Crippen LogP contribution in [-0.2, 0) is 19.1 Å². The summed E-state index contributed by atoms with van der Waals surface area (Å²) in [5, 5.41) is 10.1. The number of benzene rings is 1. The average Bonchev–Trinajstić information content (AvgIpc) is 3.18. The minimum atomic E-state index is -0.929. The van der Waals surface area contributed by atoms with Gasteiger partial charge >= 0.3 is 5.97 Å². The number of halogens is 1. The number of hydrogen-bond donors (Lipinski definition) is 1. The van der Waals surface area contributed by atoms with Crippen LogP contribution < -0.4 is 4.90 Å². The third-order valence-corrected chi connectivity index (χ3v) is 9.74. The minimum absolute atomic E-state index is 0.0990. The lowest BCUT2D eigenvalue weighted by atomic mass is 9.74. The highest BCUT2D eigenvalue weighted by Gasteiger charge is 2.73. The van der Waals surface area contributed by atoms with Gasteiger partial charge in [0.15, 0.2) is 0 Å². The van der Waals surface area contributed by atoms with E-state index in [-0.39, 0.29) is 30.9 Å². The molecular weight excluding hydrogens is 500 g/mol. The van der Waals surface area contributed by atoms with Crippen molar-refractivity contribution in [2.75, 3.05) is 31.2 Å². The molecule has 7 nitrogen and oxygen atoms in total. The average molecular weight is 531 g/mol. The fraction of sp³-hybridized carbons (Fsp3) is 0.519. The Hall–Kier alpha value is -2.29. The minimum Gasteiger partial charge on any atom is -0.465 e. The maximum absolute atomic E-state index is 14.3. The van der Waals surface area contributed by atoms with E-state index in [0.717, 1.165) is 19.3 Å². The van der Waals surface area contributed by atoms with Crippen LogP contribution in [0, 0.1) is 11.8 Å². The van der Waals surface area contributed by atoms with E-state index in [1.54, 1.807) is 34.1 Å². The molecule has 192 valence electrons. The van der Waals surface area contributed by atoms with Gasteiger partial charge in [0, 0.05) is 35.2 Å². The zero-order chi connectivity index (χ0) is 25.5. The number of nitrogens with zero attached hydrogens (tertiary/aromatic N) is 2. The molecule has 1 N–H and O–H groups in total. The lowest BCUT2D eigenvalue weighted by molar-refractivity contribution is -0.154. The van der Waals surface area contributed by atoms with Crippen molar-refractivity contribution in [2.24, 2.45) is 11.8 Å². The van der Waals surface area contributed by atoms with Crippen LogP contribution in [0.25, 0.3) is 0 Å². The zero-order valence-corrected chi connectivity index (χ0v) is 21.8. The highest BCUT2D eigenvalue weighted by molar-refractivity contribution is 8.02. The van der Waals surface area contributed by atoms with Gasteiger partial charge in [0.2, 0.25) is 5.91 Å². The Balaban J connectivity index is 1.62. The molecule has 4 aliphatic heterocycles. The van der Waals surface area contributed by atoms with Crippen LogP contribution in [0.3, 0.4) is 0 Å². The lowest BCUT2D eigenvalue weighted by Gasteiger charge is -2.37. The number of hydrogen-bond acceptors (Lipinski definition) is 6. The van der Waals surface area contributed by atoms with Crippen LogP contribution in [0.2, 0.25) is 5.02 Å². The van der Waals surface area contributed by atoms with Crippen molar-refractivity contribution < 1.29 is 24.2 Å². The van der Waals surface area contributed by atoms with Crippen molar-refractivity contribution in [1.29, 1.82) is 0 Å². The summed E-state index contributed by atoms with van der Waals surface area (Å²) >= 11 is 7.61. The van der Waals surface area contributed by atoms with Crippen molar-refractivity contribution in [1.82, 2.24) is 4.90 Å². The van der Waals surface area contributed by atoms with Crippen LogP contribution in [-0.4, -0.2) is 69.6 Å². The standard InChI is InChI=1S/C27H31ClN2O5S/c1-26-12-4-2-3-5-17-35-25(34)21(26)20-23(32)30(15-7-16-31)22-24(33)29(14-6-13-27(20,22)36-26)19-10-8-18(28)9-11-19/h4,6,8-13,20-22,31H,2-3,5,7,14-17H2,1H3/b12-4-/t20-,21+,22?,26-,27-/m0/s1. The second-order valence-corrected chi connectivity index (χ2v) is 12.2. The Morgan fingerprint density at radius 3 is 2.61 bits per heavy atom. The van der Waals surface area contributed by atoms with Crippen molar-refractivity contribution in [3.63, 3.8) is 0 Å². The molecule has 5 rings (SSSR count). The molecule has 2 fully saturated rings. The van der Waals surface area contributed by atoms with E-state index < -0.39 is 27.4 Å². The number of likely N-dealkylation sites (tertiary alicyclic amines) is 1. The predicted molar refractivity (Wildman–Crippen MR) is 140 cm³/mol. The first kappa shape index (κ1) is 25.4. The molecule has 1 unspecified atom stereocenters. The van der Waals surface area contributed by atoms with E-state index in [0.29, 0.717) is 30.3 Å². The van der Waals surface area contributed by atoms with Crippen LogP contribution >= 0.6 is 23.4 Å². The number of anilines is 1. The molecule has 4 heterocycles. The van der Waals surface area contributed by atoms with Crippen LogP contribution in [0.4, 0.5) is 5.69 Å². The number of carbonyl (C=O) groups is 3. The molecule has 2 saturated heterocycles. The van der Waals surface area contributed by atoms with E-state index in [2.05, 4.69) is 6.08 Å². The molecule has 0 aromatic heterocycles. The van der Waals surface area contributed by atoms with E-state index >= 15 is 0 Å². The maximum atomic E-state index is 14.3. The monoisotopic (exact) mass is 530 g/mol. The molecule has 1 spiro atoms. The van der Waals surface area contributed by atoms with Gasteiger partial charge in [-0.05, 0) is 56.9 Å². The molecule has 0 saturated carbocycles. The fourth-order valence-electron chi connectivity index (χ4n) is 6.13. The topological polar surface area (TPSA) is 87.1 Å². The number of ether oxygens (including phenoxy) is 1. The molecule has 5 atom stereocenters. The molecule has 2 amide bonds. The van der Waals surface area contributed by atoms with Crippen LogP contribution in [0.5, 0.6) is 0 Å². The van der Waals surface area contributed by atoms with E-state index in [4.69, 9.17) is 16.3 Å². The summed E-state index contributed by atoms with van der Waals surface area (Å²) in [4.78, 5) is 45.1. The quantitative estimate of drug-likeness (QED) is 0.473. The van der Waals surface area contributed by atoms with Crippen molar-refractivity contribution in [3.05, 3.63) is 53.6 Å². The molecule has 4 aliphatic rings. The van der Waals surface area contributed by atoms with E-state index in [1.807, 2.05) is 25.2 Å². The smallest absolute Gasteiger partial charge is 0.311 e. The Bertz CT molecular complexity index is 1110. The number of cyclic esters (lactones) is 1. The highest BCUT2D eigenvalue weighted by Crippen LogP contribution is 2.65. The molecule has 1 aromatic carbocycles. The van der Waals surface area contributed by atoms with Gasteiger partial charge in [0.05, 0.1) is 23.2 Å². The molecule has 0 bridgehead atoms. The summed E-state index contributed by atoms with van der Waals surface area (Å²) in [6, 6.07) is 6.25. The summed E-state index contributed by atoms with van der Waals surface area (Å²) in [6.07, 6.45) is 11.0. The third-order valence-electron chi connectivity index (χ3n) is 7.70. The summed E-state index contributed by atoms with van der Waals surface area (Å²) in [7, 11) is 0. The molecule has 0 aliphatic carbocycles. The Labute approximate surface area is 220 Å². The van der Waals surface area contributed by atoms with Crippen LogP contribution in [0.15, 0.2) is 48.6 Å². The van der Waals surface area contributed by atoms with Gasteiger partial charge in [0.25, 0.3) is 5.91 Å². The van der Waals surface area contributed by atoms with Gasteiger partial charge in [-0.1, -0.05) is 35.9 Å². The molecular formula is C27H31ClN2O5S. The fourth-order valence-corrected chi connectivity index (χ4v) is 8.41. The van der Waals surface area contributed by atoms with Gasteiger partial charge in [-0.2, -0.15) is 0 Å². The Morgan fingerprint density at radius 1 is 1.08 bits per heavy atom. The number of thioether (sulfide) groups is 1. The molecule has 0 radical (unpaired) electrons. The van der Waals surface area contributed by atoms with Gasteiger partial charge in [-0.3, -0.25) is 14.4 Å². The highest BCUT2D eigenvalue weighted by atomic mass is 35.5. The second-order valence-electron chi connectivity index (χ2n) is 10.00. The summed E-state index contributed by atoms with van der Waals surface area (Å²) in [5.74, 6) is -2.26. The third kappa shape index (κ3) is 4.07. The Morgan fingerprint density at radius 2 is 1.86 bits per heavy atom. The number of carbonyl (C=O) groups excluding carboxylic acids is 3. The predicted octanol–water partition coefficient (Wildman–Crippen LogP) is 3.60. The SMILES string of the molecule is C[C@]12/C=C\CCCCOC(=O)[C@H]1[C@H]1C(=O)N(CCCO)C3C(=O)N(c4ccc(Cl)cc4)CC=C[C@@]31S2. The van der Waals surface area contributed by atoms with Gasteiger partial charge < -0.3 is 19.6 Å². The first-order valence-electron chi connectivity index (χ1n) is 12.5. The number of rotatable bonds is 4. The van der Waals surface area contributed by atoms with E-state index in [1.165, 1.54) is 11.8 Å². The number of fused-ring (bicyclic) bond motifs is 2. The van der Waals surface area contributed by atoms with E-state index in [9.17, 15) is 19.5 Å². The maximum Gasteiger partial charge on any atom is 0.311 e. The zero-order valence-electron chi connectivity index (χ0n) is 20.3. The van der Waals surface area contributed by atoms with Gasteiger partial charge in [-0.25, -0.2) is 0 Å². The van der Waals surface area contributed by atoms with Crippen molar-refractivity contribution >= 4 is 46.8 Å². The largest absolute Gasteiger partial charge is 0.465 e. The Kier molecular flexibility index (Phi) is 6.96. The van der Waals surface area contributed by atoms with Gasteiger partial charge in [0.1, 0.15) is 6.04 Å². The molecule has 36 heavy (non-hydrogen) atoms. The van der Waals surface area contributed by atoms with Crippen LogP contribution in [0.1, 0.15) is 32.6 Å². The number of allylic oxidation sites excluding steroid dienone is 1. The lowest BCUT2D eigenvalue weighted by Crippen LogP contribution is -2.53. The van der Waals surface area contributed by atoms with Gasteiger partial charge in [-0.15, -0.1) is 11.8 Å². The summed E-state index contributed by atoms with van der Waals surface area (Å²) in [6.45, 7) is 2.79. The number of aliphatic hydroxyl groups excluding tert-OH is 1. The number of esters is 1. The normalized spacial score (nSPS) is 35.1. The molecule has 1 aromatic rings. The molecule has 9 heteroatoms. The van der Waals surface area contributed by atoms with Crippen molar-refractivity contribution in [2.45, 2.75) is 48.1 Å².